The minimum Gasteiger partial charge on any atom is -0.283 e. The van der Waals surface area contributed by atoms with Crippen LogP contribution in [0.3, 0.4) is 0 Å². The molecule has 0 fully saturated rings. The van der Waals surface area contributed by atoms with Crippen LogP contribution in [-0.4, -0.2) is 19.7 Å². The molecule has 1 aromatic carbocycles. The van der Waals surface area contributed by atoms with Gasteiger partial charge in [-0.1, -0.05) is 30.0 Å². The Hall–Kier alpha value is -1.53. The maximum absolute atomic E-state index is 11.3. The molecule has 0 aliphatic rings. The lowest BCUT2D eigenvalue weighted by Crippen LogP contribution is -2.10. The first-order chi connectivity index (χ1) is 8.54. The van der Waals surface area contributed by atoms with Crippen molar-refractivity contribution in [2.24, 2.45) is 0 Å². The molecule has 94 valence electrons. The van der Waals surface area contributed by atoms with Gasteiger partial charge in [0.05, 0.1) is 16.8 Å². The summed E-state index contributed by atoms with van der Waals surface area (Å²) in [6.45, 7) is 0. The van der Waals surface area contributed by atoms with E-state index in [2.05, 4.69) is 9.71 Å². The molecule has 2 rings (SSSR count). The van der Waals surface area contributed by atoms with Crippen molar-refractivity contribution in [3.63, 3.8) is 0 Å². The summed E-state index contributed by atoms with van der Waals surface area (Å²) in [5.41, 5.74) is 0.543. The van der Waals surface area contributed by atoms with E-state index in [9.17, 15) is 8.42 Å². The molecule has 2 aromatic rings. The van der Waals surface area contributed by atoms with Crippen LogP contribution in [0.5, 0.6) is 0 Å². The van der Waals surface area contributed by atoms with Crippen LogP contribution in [0.15, 0.2) is 58.6 Å². The number of anilines is 1. The van der Waals surface area contributed by atoms with Gasteiger partial charge in [-0.2, -0.15) is 0 Å². The molecule has 1 heterocycles. The number of hydrogen-bond donors (Lipinski definition) is 1. The van der Waals surface area contributed by atoms with Crippen molar-refractivity contribution in [3.05, 3.63) is 48.8 Å². The molecular formula is C12H12N2O2S2. The fourth-order valence-corrected chi connectivity index (χ4v) is 2.89. The van der Waals surface area contributed by atoms with Crippen molar-refractivity contribution in [1.29, 1.82) is 0 Å². The van der Waals surface area contributed by atoms with Crippen molar-refractivity contribution in [3.8, 4) is 0 Å². The van der Waals surface area contributed by atoms with Crippen LogP contribution in [0.25, 0.3) is 0 Å². The van der Waals surface area contributed by atoms with Gasteiger partial charge in [-0.3, -0.25) is 9.71 Å². The molecule has 6 heteroatoms. The first-order valence-corrected chi connectivity index (χ1v) is 7.90. The summed E-state index contributed by atoms with van der Waals surface area (Å²) in [6, 6.07) is 11.4. The Labute approximate surface area is 111 Å². The monoisotopic (exact) mass is 280 g/mol. The van der Waals surface area contributed by atoms with Gasteiger partial charge in [0.25, 0.3) is 0 Å². The highest BCUT2D eigenvalue weighted by atomic mass is 32.2. The maximum atomic E-state index is 11.3. The fourth-order valence-electron chi connectivity index (χ4n) is 1.36. The first kappa shape index (κ1) is 12.9. The molecule has 0 aliphatic carbocycles. The number of pyridine rings is 1. The molecule has 1 N–H and O–H groups in total. The normalized spacial score (nSPS) is 11.2. The van der Waals surface area contributed by atoms with E-state index < -0.39 is 10.0 Å². The standard InChI is InChI=1S/C12H12N2O2S2/c1-18(15,16)14-11-7-8-13-9-12(11)17-10-5-3-2-4-6-10/h2-9H,1H3,(H,13,14). The van der Waals surface area contributed by atoms with E-state index in [0.29, 0.717) is 5.69 Å². The Kier molecular flexibility index (Phi) is 3.88. The smallest absolute Gasteiger partial charge is 0.229 e. The van der Waals surface area contributed by atoms with Crippen molar-refractivity contribution >= 4 is 27.5 Å². The van der Waals surface area contributed by atoms with Gasteiger partial charge >= 0.3 is 0 Å². The molecule has 0 amide bonds. The van der Waals surface area contributed by atoms with E-state index in [-0.39, 0.29) is 0 Å². The van der Waals surface area contributed by atoms with E-state index in [0.717, 1.165) is 16.0 Å². The van der Waals surface area contributed by atoms with E-state index in [4.69, 9.17) is 0 Å². The Balaban J connectivity index is 2.28. The van der Waals surface area contributed by atoms with Gasteiger partial charge in [0, 0.05) is 17.3 Å². The third-order valence-electron chi connectivity index (χ3n) is 2.05. The molecule has 0 bridgehead atoms. The van der Waals surface area contributed by atoms with Crippen LogP contribution >= 0.6 is 11.8 Å². The van der Waals surface area contributed by atoms with Gasteiger partial charge < -0.3 is 0 Å². The summed E-state index contributed by atoms with van der Waals surface area (Å²) in [6.07, 6.45) is 4.33. The molecule has 18 heavy (non-hydrogen) atoms. The molecule has 0 aliphatic heterocycles. The fraction of sp³-hybridized carbons (Fsp3) is 0.0833. The zero-order chi connectivity index (χ0) is 13.0. The molecule has 0 unspecified atom stereocenters. The van der Waals surface area contributed by atoms with Crippen molar-refractivity contribution < 1.29 is 8.42 Å². The van der Waals surface area contributed by atoms with Crippen LogP contribution in [-0.2, 0) is 10.0 Å². The second-order valence-electron chi connectivity index (χ2n) is 3.66. The molecule has 0 spiro atoms. The highest BCUT2D eigenvalue weighted by molar-refractivity contribution is 7.99. The summed E-state index contributed by atoms with van der Waals surface area (Å²) in [7, 11) is -3.28. The largest absolute Gasteiger partial charge is 0.283 e. The van der Waals surface area contributed by atoms with E-state index >= 15 is 0 Å². The van der Waals surface area contributed by atoms with Crippen LogP contribution in [0.1, 0.15) is 0 Å². The number of nitrogens with zero attached hydrogens (tertiary/aromatic N) is 1. The summed E-state index contributed by atoms with van der Waals surface area (Å²) in [4.78, 5) is 5.82. The predicted molar refractivity (Wildman–Crippen MR) is 73.3 cm³/mol. The minimum absolute atomic E-state index is 0.543. The summed E-state index contributed by atoms with van der Waals surface area (Å²) in [5, 5.41) is 0. The Bertz CT molecular complexity index is 628. The Morgan fingerprint density at radius 1 is 1.17 bits per heavy atom. The molecule has 0 saturated carbocycles. The predicted octanol–water partition coefficient (Wildman–Crippen LogP) is 2.60. The molecule has 0 atom stereocenters. The zero-order valence-corrected chi connectivity index (χ0v) is 11.3. The molecule has 1 aromatic heterocycles. The minimum atomic E-state index is -3.28. The van der Waals surface area contributed by atoms with E-state index in [1.165, 1.54) is 11.8 Å². The Morgan fingerprint density at radius 2 is 1.89 bits per heavy atom. The quantitative estimate of drug-likeness (QED) is 0.935. The van der Waals surface area contributed by atoms with E-state index in [1.54, 1.807) is 18.5 Å². The molecule has 0 radical (unpaired) electrons. The van der Waals surface area contributed by atoms with Gasteiger partial charge in [-0.25, -0.2) is 8.42 Å². The molecular weight excluding hydrogens is 268 g/mol. The highest BCUT2D eigenvalue weighted by Crippen LogP contribution is 2.32. The van der Waals surface area contributed by atoms with Gasteiger partial charge in [0.1, 0.15) is 0 Å². The Morgan fingerprint density at radius 3 is 2.56 bits per heavy atom. The maximum Gasteiger partial charge on any atom is 0.229 e. The van der Waals surface area contributed by atoms with Crippen molar-refractivity contribution in [1.82, 2.24) is 4.98 Å². The number of aromatic nitrogens is 1. The van der Waals surface area contributed by atoms with Crippen molar-refractivity contribution in [2.75, 3.05) is 11.0 Å². The average Bonchev–Trinajstić information content (AvgIpc) is 2.31. The third-order valence-corrected chi connectivity index (χ3v) is 3.69. The highest BCUT2D eigenvalue weighted by Gasteiger charge is 2.08. The van der Waals surface area contributed by atoms with Crippen LogP contribution in [0, 0.1) is 0 Å². The number of hydrogen-bond acceptors (Lipinski definition) is 4. The van der Waals surface area contributed by atoms with Crippen LogP contribution in [0.2, 0.25) is 0 Å². The first-order valence-electron chi connectivity index (χ1n) is 5.19. The number of sulfonamides is 1. The zero-order valence-electron chi connectivity index (χ0n) is 9.70. The second-order valence-corrected chi connectivity index (χ2v) is 6.52. The molecule has 0 saturated heterocycles. The van der Waals surface area contributed by atoms with Gasteiger partial charge in [0.15, 0.2) is 0 Å². The lowest BCUT2D eigenvalue weighted by molar-refractivity contribution is 0.606. The van der Waals surface area contributed by atoms with Gasteiger partial charge in [-0.15, -0.1) is 0 Å². The van der Waals surface area contributed by atoms with Crippen LogP contribution in [0.4, 0.5) is 5.69 Å². The topological polar surface area (TPSA) is 59.1 Å². The summed E-state index contributed by atoms with van der Waals surface area (Å²) >= 11 is 1.47. The van der Waals surface area contributed by atoms with Gasteiger partial charge in [0.2, 0.25) is 10.0 Å². The van der Waals surface area contributed by atoms with E-state index in [1.807, 2.05) is 30.3 Å². The summed E-state index contributed by atoms with van der Waals surface area (Å²) in [5.74, 6) is 0. The molecule has 4 nitrogen and oxygen atoms in total. The third kappa shape index (κ3) is 3.75. The lowest BCUT2D eigenvalue weighted by Gasteiger charge is -2.09. The lowest BCUT2D eigenvalue weighted by atomic mass is 10.4. The number of nitrogens with one attached hydrogen (secondary N) is 1. The number of benzene rings is 1. The number of rotatable bonds is 4. The second kappa shape index (κ2) is 5.41. The van der Waals surface area contributed by atoms with Crippen LogP contribution < -0.4 is 4.72 Å². The van der Waals surface area contributed by atoms with Crippen molar-refractivity contribution in [2.45, 2.75) is 9.79 Å². The summed E-state index contributed by atoms with van der Waals surface area (Å²) < 4.78 is 25.0. The average molecular weight is 280 g/mol. The van der Waals surface area contributed by atoms with Gasteiger partial charge in [-0.05, 0) is 18.2 Å². The SMILES string of the molecule is CS(=O)(=O)Nc1ccncc1Sc1ccccc1.